The van der Waals surface area contributed by atoms with E-state index in [0.29, 0.717) is 26.9 Å². The number of thiophene rings is 1. The van der Waals surface area contributed by atoms with Gasteiger partial charge in [0.1, 0.15) is 0 Å². The van der Waals surface area contributed by atoms with Gasteiger partial charge in [-0.2, -0.15) is 5.10 Å². The third kappa shape index (κ3) is 4.85. The Labute approximate surface area is 172 Å². The summed E-state index contributed by atoms with van der Waals surface area (Å²) in [6.07, 6.45) is 0. The molecule has 0 aliphatic carbocycles. The van der Waals surface area contributed by atoms with Crippen LogP contribution in [-0.4, -0.2) is 17.5 Å². The fraction of sp³-hybridized carbons (Fsp3) is 0.0952. The molecule has 0 saturated carbocycles. The minimum absolute atomic E-state index is 0.235. The molecule has 5 nitrogen and oxygen atoms in total. The number of aryl methyl sites for hydroxylation is 1. The SMILES string of the molecule is C/C(=N\NC(=O)c1ccc(C)s1)c1ccc(NC(=O)c2ccccc2Cl)cc1. The van der Waals surface area contributed by atoms with Crippen LogP contribution in [0.1, 0.15) is 37.4 Å². The third-order valence-electron chi connectivity index (χ3n) is 3.97. The number of benzene rings is 2. The van der Waals surface area contributed by atoms with Gasteiger partial charge in [0.05, 0.1) is 21.2 Å². The fourth-order valence-electron chi connectivity index (χ4n) is 2.45. The predicted molar refractivity (Wildman–Crippen MR) is 115 cm³/mol. The minimum atomic E-state index is -0.276. The number of carbonyl (C=O) groups excluding carboxylic acids is 2. The van der Waals surface area contributed by atoms with E-state index in [4.69, 9.17) is 11.6 Å². The summed E-state index contributed by atoms with van der Waals surface area (Å²) in [7, 11) is 0. The van der Waals surface area contributed by atoms with Crippen LogP contribution < -0.4 is 10.7 Å². The van der Waals surface area contributed by atoms with Crippen LogP contribution in [0.4, 0.5) is 5.69 Å². The van der Waals surface area contributed by atoms with Crippen molar-refractivity contribution in [1.82, 2.24) is 5.43 Å². The van der Waals surface area contributed by atoms with Gasteiger partial charge in [0.25, 0.3) is 11.8 Å². The smallest absolute Gasteiger partial charge is 0.281 e. The van der Waals surface area contributed by atoms with E-state index < -0.39 is 0 Å². The molecular weight excluding hydrogens is 394 g/mol. The Morgan fingerprint density at radius 2 is 1.68 bits per heavy atom. The first-order chi connectivity index (χ1) is 13.4. The van der Waals surface area contributed by atoms with E-state index in [0.717, 1.165) is 10.4 Å². The van der Waals surface area contributed by atoms with Crippen molar-refractivity contribution in [2.75, 3.05) is 5.32 Å². The number of carbonyl (C=O) groups is 2. The van der Waals surface area contributed by atoms with E-state index in [9.17, 15) is 9.59 Å². The number of nitrogens with zero attached hydrogens (tertiary/aromatic N) is 1. The van der Waals surface area contributed by atoms with Gasteiger partial charge >= 0.3 is 0 Å². The number of amides is 2. The first-order valence-electron chi connectivity index (χ1n) is 8.51. The van der Waals surface area contributed by atoms with Gasteiger partial charge in [0.15, 0.2) is 0 Å². The average molecular weight is 412 g/mol. The molecule has 7 heteroatoms. The summed E-state index contributed by atoms with van der Waals surface area (Å²) in [5.74, 6) is -0.511. The van der Waals surface area contributed by atoms with Crippen molar-refractivity contribution >= 4 is 46.2 Å². The predicted octanol–water partition coefficient (Wildman–Crippen LogP) is 5.12. The van der Waals surface area contributed by atoms with Gasteiger partial charge in [0.2, 0.25) is 0 Å². The molecule has 0 atom stereocenters. The summed E-state index contributed by atoms with van der Waals surface area (Å²) in [5, 5.41) is 7.36. The zero-order valence-corrected chi connectivity index (χ0v) is 16.9. The van der Waals surface area contributed by atoms with Crippen molar-refractivity contribution in [2.24, 2.45) is 5.10 Å². The van der Waals surface area contributed by atoms with Crippen LogP contribution >= 0.6 is 22.9 Å². The van der Waals surface area contributed by atoms with Crippen LogP contribution in [0, 0.1) is 6.92 Å². The van der Waals surface area contributed by atoms with Crippen LogP contribution in [0.5, 0.6) is 0 Å². The van der Waals surface area contributed by atoms with Gasteiger partial charge in [-0.25, -0.2) is 5.43 Å². The van der Waals surface area contributed by atoms with Crippen molar-refractivity contribution in [3.05, 3.63) is 86.6 Å². The highest BCUT2D eigenvalue weighted by atomic mass is 35.5. The molecule has 0 bridgehead atoms. The van der Waals surface area contributed by atoms with E-state index in [1.807, 2.05) is 25.1 Å². The minimum Gasteiger partial charge on any atom is -0.322 e. The second-order valence-corrected chi connectivity index (χ2v) is 7.75. The molecule has 28 heavy (non-hydrogen) atoms. The fourth-order valence-corrected chi connectivity index (χ4v) is 3.43. The molecule has 0 unspecified atom stereocenters. The van der Waals surface area contributed by atoms with E-state index in [-0.39, 0.29) is 11.8 Å². The molecule has 142 valence electrons. The number of hydrogen-bond donors (Lipinski definition) is 2. The highest BCUT2D eigenvalue weighted by Crippen LogP contribution is 2.18. The largest absolute Gasteiger partial charge is 0.322 e. The van der Waals surface area contributed by atoms with Crippen LogP contribution in [-0.2, 0) is 0 Å². The number of hydrazone groups is 1. The van der Waals surface area contributed by atoms with Crippen LogP contribution in [0.2, 0.25) is 5.02 Å². The highest BCUT2D eigenvalue weighted by molar-refractivity contribution is 7.13. The summed E-state index contributed by atoms with van der Waals surface area (Å²) in [6.45, 7) is 3.75. The first-order valence-corrected chi connectivity index (χ1v) is 9.71. The molecule has 0 aliphatic heterocycles. The molecule has 2 N–H and O–H groups in total. The standard InChI is InChI=1S/C21H18ClN3O2S/c1-13-7-12-19(28-13)21(27)25-24-14(2)15-8-10-16(11-9-15)23-20(26)17-5-3-4-6-18(17)22/h3-12H,1-2H3,(H,23,26)(H,25,27)/b24-14+. The second kappa shape index (κ2) is 8.82. The van der Waals surface area contributed by atoms with Crippen LogP contribution in [0.25, 0.3) is 0 Å². The van der Waals surface area contributed by atoms with E-state index in [1.54, 1.807) is 49.4 Å². The van der Waals surface area contributed by atoms with Gasteiger partial charge in [-0.15, -0.1) is 11.3 Å². The van der Waals surface area contributed by atoms with Crippen molar-refractivity contribution in [1.29, 1.82) is 0 Å². The van der Waals surface area contributed by atoms with Crippen LogP contribution in [0.3, 0.4) is 0 Å². The second-order valence-electron chi connectivity index (χ2n) is 6.06. The van der Waals surface area contributed by atoms with Crippen molar-refractivity contribution in [3.8, 4) is 0 Å². The van der Waals surface area contributed by atoms with E-state index >= 15 is 0 Å². The molecule has 3 rings (SSSR count). The van der Waals surface area contributed by atoms with Crippen LogP contribution in [0.15, 0.2) is 65.8 Å². The van der Waals surface area contributed by atoms with Gasteiger partial charge in [-0.3, -0.25) is 9.59 Å². The lowest BCUT2D eigenvalue weighted by molar-refractivity contribution is 0.0958. The number of halogens is 1. The maximum absolute atomic E-state index is 12.3. The van der Waals surface area contributed by atoms with Gasteiger partial charge in [-0.1, -0.05) is 35.9 Å². The lowest BCUT2D eigenvalue weighted by Gasteiger charge is -2.08. The molecule has 0 saturated heterocycles. The van der Waals surface area contributed by atoms with Crippen molar-refractivity contribution in [3.63, 3.8) is 0 Å². The Kier molecular flexibility index (Phi) is 6.23. The monoisotopic (exact) mass is 411 g/mol. The molecule has 2 amide bonds. The molecule has 0 radical (unpaired) electrons. The van der Waals surface area contributed by atoms with Crippen molar-refractivity contribution in [2.45, 2.75) is 13.8 Å². The molecule has 1 aromatic heterocycles. The van der Waals surface area contributed by atoms with Gasteiger partial charge < -0.3 is 5.32 Å². The van der Waals surface area contributed by atoms with Crippen molar-refractivity contribution < 1.29 is 9.59 Å². The highest BCUT2D eigenvalue weighted by Gasteiger charge is 2.10. The summed E-state index contributed by atoms with van der Waals surface area (Å²) in [6, 6.07) is 17.7. The molecule has 0 spiro atoms. The Morgan fingerprint density at radius 3 is 2.32 bits per heavy atom. The first kappa shape index (κ1) is 19.8. The summed E-state index contributed by atoms with van der Waals surface area (Å²) in [4.78, 5) is 26.1. The zero-order valence-electron chi connectivity index (χ0n) is 15.3. The molecular formula is C21H18ClN3O2S. The maximum atomic E-state index is 12.3. The maximum Gasteiger partial charge on any atom is 0.281 e. The topological polar surface area (TPSA) is 70.6 Å². The average Bonchev–Trinajstić information content (AvgIpc) is 3.13. The Hall–Kier alpha value is -2.96. The van der Waals surface area contributed by atoms with Gasteiger partial charge in [0, 0.05) is 10.6 Å². The zero-order chi connectivity index (χ0) is 20.1. The molecule has 0 fully saturated rings. The summed E-state index contributed by atoms with van der Waals surface area (Å²) in [5.41, 5.74) is 5.10. The molecule has 1 heterocycles. The third-order valence-corrected chi connectivity index (χ3v) is 5.30. The molecule has 2 aromatic carbocycles. The lowest BCUT2D eigenvalue weighted by atomic mass is 10.1. The quantitative estimate of drug-likeness (QED) is 0.452. The van der Waals surface area contributed by atoms with Gasteiger partial charge in [-0.05, 0) is 55.8 Å². The number of hydrogen-bond acceptors (Lipinski definition) is 4. The Bertz CT molecular complexity index is 1040. The summed E-state index contributed by atoms with van der Waals surface area (Å²) >= 11 is 7.47. The number of rotatable bonds is 5. The normalized spacial score (nSPS) is 11.2. The Balaban J connectivity index is 1.64. The lowest BCUT2D eigenvalue weighted by Crippen LogP contribution is -2.18. The Morgan fingerprint density at radius 1 is 0.964 bits per heavy atom. The number of anilines is 1. The van der Waals surface area contributed by atoms with E-state index in [1.165, 1.54) is 11.3 Å². The number of nitrogens with one attached hydrogen (secondary N) is 2. The van der Waals surface area contributed by atoms with E-state index in [2.05, 4.69) is 15.8 Å². The summed E-state index contributed by atoms with van der Waals surface area (Å²) < 4.78 is 0. The molecule has 0 aliphatic rings. The molecule has 3 aromatic rings.